The number of hydrogen-bond acceptors (Lipinski definition) is 6. The van der Waals surface area contributed by atoms with E-state index < -0.39 is 11.8 Å². The summed E-state index contributed by atoms with van der Waals surface area (Å²) in [6, 6.07) is 5.00. The molecular weight excluding hydrogens is 310 g/mol. The molecule has 0 aromatic carbocycles. The third-order valence-electron chi connectivity index (χ3n) is 4.04. The molecule has 0 spiro atoms. The molecule has 3 rings (SSSR count). The average Bonchev–Trinajstić information content (AvgIpc) is 2.66. The van der Waals surface area contributed by atoms with E-state index >= 15 is 0 Å². The molecule has 1 atom stereocenters. The highest BCUT2D eigenvalue weighted by Crippen LogP contribution is 2.22. The second-order valence-corrected chi connectivity index (χ2v) is 5.58. The molecule has 2 aromatic rings. The zero-order valence-corrected chi connectivity index (χ0v) is 13.1. The lowest BCUT2D eigenvalue weighted by Gasteiger charge is -2.30. The number of hydrogen-bond donors (Lipinski definition) is 2. The lowest BCUT2D eigenvalue weighted by Crippen LogP contribution is -2.39. The zero-order valence-electron chi connectivity index (χ0n) is 13.1. The topological polar surface area (TPSA) is 108 Å². The van der Waals surface area contributed by atoms with Crippen LogP contribution in [0.3, 0.4) is 0 Å². The minimum absolute atomic E-state index is 0.0379. The van der Waals surface area contributed by atoms with E-state index in [1.165, 1.54) is 6.07 Å². The van der Waals surface area contributed by atoms with Gasteiger partial charge in [0.05, 0.1) is 5.92 Å². The SMILES string of the molecule is CC(C(=O)N1CCc2nc(C(=O)NO)ccc2C1)c1ncccn1. The highest BCUT2D eigenvalue weighted by molar-refractivity contribution is 5.91. The van der Waals surface area contributed by atoms with Crippen LogP contribution >= 0.6 is 0 Å². The number of nitrogens with zero attached hydrogens (tertiary/aromatic N) is 4. The third kappa shape index (κ3) is 3.09. The Balaban J connectivity index is 1.75. The molecule has 124 valence electrons. The Hall–Kier alpha value is -2.87. The van der Waals surface area contributed by atoms with Crippen LogP contribution in [0.25, 0.3) is 0 Å². The molecule has 1 aliphatic heterocycles. The van der Waals surface area contributed by atoms with Gasteiger partial charge < -0.3 is 4.90 Å². The van der Waals surface area contributed by atoms with Crippen LogP contribution in [0.15, 0.2) is 30.6 Å². The first-order valence-corrected chi connectivity index (χ1v) is 7.59. The molecule has 24 heavy (non-hydrogen) atoms. The number of aromatic nitrogens is 3. The minimum Gasteiger partial charge on any atom is -0.337 e. The molecule has 0 saturated carbocycles. The molecule has 2 aromatic heterocycles. The summed E-state index contributed by atoms with van der Waals surface area (Å²) in [6.45, 7) is 2.74. The summed E-state index contributed by atoms with van der Waals surface area (Å²) in [7, 11) is 0. The number of carbonyl (C=O) groups excluding carboxylic acids is 2. The normalized spacial score (nSPS) is 14.7. The van der Waals surface area contributed by atoms with Gasteiger partial charge in [-0.2, -0.15) is 0 Å². The van der Waals surface area contributed by atoms with Crippen LogP contribution in [0, 0.1) is 0 Å². The summed E-state index contributed by atoms with van der Waals surface area (Å²) < 4.78 is 0. The largest absolute Gasteiger partial charge is 0.337 e. The maximum absolute atomic E-state index is 12.7. The number of rotatable bonds is 3. The Morgan fingerprint density at radius 2 is 2.04 bits per heavy atom. The fraction of sp³-hybridized carbons (Fsp3) is 0.312. The van der Waals surface area contributed by atoms with Crippen molar-refractivity contribution in [1.29, 1.82) is 0 Å². The minimum atomic E-state index is -0.647. The molecule has 0 fully saturated rings. The van der Waals surface area contributed by atoms with Crippen molar-refractivity contribution in [1.82, 2.24) is 25.3 Å². The lowest BCUT2D eigenvalue weighted by molar-refractivity contribution is -0.133. The second kappa shape index (κ2) is 6.71. The van der Waals surface area contributed by atoms with Crippen LogP contribution in [-0.4, -0.2) is 43.4 Å². The smallest absolute Gasteiger partial charge is 0.293 e. The van der Waals surface area contributed by atoms with Gasteiger partial charge in [0, 0.05) is 37.6 Å². The van der Waals surface area contributed by atoms with Gasteiger partial charge in [0.25, 0.3) is 5.91 Å². The molecule has 2 amide bonds. The molecule has 2 N–H and O–H groups in total. The van der Waals surface area contributed by atoms with Crippen molar-refractivity contribution in [2.45, 2.75) is 25.8 Å². The zero-order chi connectivity index (χ0) is 17.1. The Kier molecular flexibility index (Phi) is 4.48. The van der Waals surface area contributed by atoms with Crippen LogP contribution < -0.4 is 5.48 Å². The van der Waals surface area contributed by atoms with Crippen molar-refractivity contribution in [2.24, 2.45) is 0 Å². The van der Waals surface area contributed by atoms with Gasteiger partial charge in [-0.25, -0.2) is 20.4 Å². The van der Waals surface area contributed by atoms with Crippen LogP contribution in [0.1, 0.15) is 40.4 Å². The van der Waals surface area contributed by atoms with Crippen molar-refractivity contribution < 1.29 is 14.8 Å². The molecule has 8 nitrogen and oxygen atoms in total. The van der Waals surface area contributed by atoms with Gasteiger partial charge in [0.15, 0.2) is 0 Å². The Labute approximate surface area is 138 Å². The predicted molar refractivity (Wildman–Crippen MR) is 83.1 cm³/mol. The van der Waals surface area contributed by atoms with E-state index in [4.69, 9.17) is 5.21 Å². The number of fused-ring (bicyclic) bond motifs is 1. The van der Waals surface area contributed by atoms with E-state index in [0.717, 1.165) is 11.3 Å². The predicted octanol–water partition coefficient (Wildman–Crippen LogP) is 0.679. The standard InChI is InChI=1S/C16H17N5O3/c1-10(14-17-6-2-7-18-14)16(23)21-8-5-12-11(9-21)3-4-13(19-12)15(22)20-24/h2-4,6-7,10,24H,5,8-9H2,1H3,(H,20,22). The molecular formula is C16H17N5O3. The van der Waals surface area contributed by atoms with E-state index in [1.54, 1.807) is 41.8 Å². The van der Waals surface area contributed by atoms with Crippen molar-refractivity contribution in [2.75, 3.05) is 6.54 Å². The van der Waals surface area contributed by atoms with Crippen molar-refractivity contribution in [3.05, 3.63) is 53.4 Å². The first-order chi connectivity index (χ1) is 11.6. The quantitative estimate of drug-likeness (QED) is 0.634. The monoisotopic (exact) mass is 327 g/mol. The summed E-state index contributed by atoms with van der Waals surface area (Å²) in [5.41, 5.74) is 3.38. The maximum Gasteiger partial charge on any atom is 0.293 e. The first-order valence-electron chi connectivity index (χ1n) is 7.59. The Bertz CT molecular complexity index is 766. The molecule has 3 heterocycles. The summed E-state index contributed by atoms with van der Waals surface area (Å²) >= 11 is 0. The lowest BCUT2D eigenvalue weighted by atomic mass is 10.0. The van der Waals surface area contributed by atoms with Crippen LogP contribution in [0.5, 0.6) is 0 Å². The highest BCUT2D eigenvalue weighted by atomic mass is 16.5. The van der Waals surface area contributed by atoms with Crippen molar-refractivity contribution in [3.8, 4) is 0 Å². The van der Waals surface area contributed by atoms with E-state index in [9.17, 15) is 9.59 Å². The van der Waals surface area contributed by atoms with Gasteiger partial charge in [0.1, 0.15) is 11.5 Å². The Morgan fingerprint density at radius 1 is 1.29 bits per heavy atom. The third-order valence-corrected chi connectivity index (χ3v) is 4.04. The molecule has 8 heteroatoms. The van der Waals surface area contributed by atoms with Gasteiger partial charge in [-0.15, -0.1) is 0 Å². The number of nitrogens with one attached hydrogen (secondary N) is 1. The number of pyridine rings is 1. The van der Waals surface area contributed by atoms with E-state index in [1.807, 2.05) is 0 Å². The second-order valence-electron chi connectivity index (χ2n) is 5.58. The molecule has 1 aliphatic rings. The summed E-state index contributed by atoms with van der Waals surface area (Å²) in [5.74, 6) is -0.600. The average molecular weight is 327 g/mol. The van der Waals surface area contributed by atoms with E-state index in [0.29, 0.717) is 25.3 Å². The fourth-order valence-electron chi connectivity index (χ4n) is 2.71. The van der Waals surface area contributed by atoms with Gasteiger partial charge >= 0.3 is 0 Å². The van der Waals surface area contributed by atoms with Gasteiger partial charge in [-0.3, -0.25) is 14.8 Å². The maximum atomic E-state index is 12.7. The number of hydroxylamine groups is 1. The molecule has 0 saturated heterocycles. The van der Waals surface area contributed by atoms with Crippen LogP contribution in [0.2, 0.25) is 0 Å². The molecule has 1 unspecified atom stereocenters. The Morgan fingerprint density at radius 3 is 2.75 bits per heavy atom. The number of amides is 2. The van der Waals surface area contributed by atoms with E-state index in [-0.39, 0.29) is 11.6 Å². The fourth-order valence-corrected chi connectivity index (χ4v) is 2.71. The molecule has 0 radical (unpaired) electrons. The van der Waals surface area contributed by atoms with Crippen molar-refractivity contribution in [3.63, 3.8) is 0 Å². The molecule has 0 aliphatic carbocycles. The summed E-state index contributed by atoms with van der Waals surface area (Å²) in [6.07, 6.45) is 3.79. The highest BCUT2D eigenvalue weighted by Gasteiger charge is 2.27. The van der Waals surface area contributed by atoms with Gasteiger partial charge in [-0.1, -0.05) is 6.07 Å². The van der Waals surface area contributed by atoms with Crippen LogP contribution in [0.4, 0.5) is 0 Å². The summed E-state index contributed by atoms with van der Waals surface area (Å²) in [5, 5.41) is 8.67. The summed E-state index contributed by atoms with van der Waals surface area (Å²) in [4.78, 5) is 38.3. The first kappa shape index (κ1) is 16.0. The van der Waals surface area contributed by atoms with Crippen LogP contribution in [-0.2, 0) is 17.8 Å². The number of carbonyl (C=O) groups is 2. The van der Waals surface area contributed by atoms with Gasteiger partial charge in [-0.05, 0) is 24.6 Å². The molecule has 0 bridgehead atoms. The van der Waals surface area contributed by atoms with E-state index in [2.05, 4.69) is 15.0 Å². The van der Waals surface area contributed by atoms with Crippen molar-refractivity contribution >= 4 is 11.8 Å². The van der Waals surface area contributed by atoms with Gasteiger partial charge in [0.2, 0.25) is 5.91 Å².